The van der Waals surface area contributed by atoms with Crippen LogP contribution in [0.1, 0.15) is 43.7 Å². The van der Waals surface area contributed by atoms with E-state index in [-0.39, 0.29) is 18.1 Å². The summed E-state index contributed by atoms with van der Waals surface area (Å²) in [6, 6.07) is 9.36. The Balaban J connectivity index is 1.83. The van der Waals surface area contributed by atoms with Gasteiger partial charge in [-0.05, 0) is 50.6 Å². The van der Waals surface area contributed by atoms with E-state index in [2.05, 4.69) is 10.4 Å². The molecule has 1 aliphatic heterocycles. The number of fused-ring (bicyclic) bond motifs is 1. The highest BCUT2D eigenvalue weighted by atomic mass is 35.5. The Hall–Kier alpha value is -2.44. The first-order valence-electron chi connectivity index (χ1n) is 8.61. The number of rotatable bonds is 3. The number of aryl methyl sites for hydroxylation is 3. The van der Waals surface area contributed by atoms with Crippen molar-refractivity contribution in [3.63, 3.8) is 0 Å². The van der Waals surface area contributed by atoms with Crippen molar-refractivity contribution in [2.24, 2.45) is 0 Å². The molecule has 1 aliphatic rings. The second-order valence-corrected chi connectivity index (χ2v) is 8.47. The van der Waals surface area contributed by atoms with Gasteiger partial charge in [-0.1, -0.05) is 17.7 Å². The third-order valence-electron chi connectivity index (χ3n) is 4.80. The normalized spacial score (nSPS) is 16.1. The van der Waals surface area contributed by atoms with Gasteiger partial charge in [0.1, 0.15) is 5.82 Å². The minimum absolute atomic E-state index is 0.0335. The predicted molar refractivity (Wildman–Crippen MR) is 107 cm³/mol. The molecule has 0 spiro atoms. The molecule has 0 aliphatic carbocycles. The van der Waals surface area contributed by atoms with E-state index >= 15 is 0 Å². The molecule has 1 N–H and O–H groups in total. The number of hydrogen-bond acceptors (Lipinski definition) is 4. The molecule has 1 unspecified atom stereocenters. The Morgan fingerprint density at radius 3 is 2.70 bits per heavy atom. The van der Waals surface area contributed by atoms with Gasteiger partial charge in [-0.3, -0.25) is 9.59 Å². The molecule has 5 nitrogen and oxygen atoms in total. The number of carbonyl (C=O) groups excluding carboxylic acids is 2. The van der Waals surface area contributed by atoms with E-state index in [0.29, 0.717) is 15.7 Å². The lowest BCUT2D eigenvalue weighted by Gasteiger charge is -2.22. The molecule has 3 heterocycles. The van der Waals surface area contributed by atoms with Gasteiger partial charge in [0.25, 0.3) is 0 Å². The summed E-state index contributed by atoms with van der Waals surface area (Å²) in [4.78, 5) is 27.2. The molecule has 7 heteroatoms. The number of nitrogens with one attached hydrogen (secondary N) is 1. The van der Waals surface area contributed by atoms with Gasteiger partial charge in [0.2, 0.25) is 5.91 Å². The fourth-order valence-electron chi connectivity index (χ4n) is 3.41. The highest BCUT2D eigenvalue weighted by Gasteiger charge is 2.36. The maximum absolute atomic E-state index is 13.1. The van der Waals surface area contributed by atoms with Crippen LogP contribution in [0.25, 0.3) is 5.69 Å². The lowest BCUT2D eigenvalue weighted by atomic mass is 9.87. The third kappa shape index (κ3) is 3.09. The van der Waals surface area contributed by atoms with Gasteiger partial charge in [0, 0.05) is 21.9 Å². The summed E-state index contributed by atoms with van der Waals surface area (Å²) >= 11 is 7.71. The first-order chi connectivity index (χ1) is 12.8. The molecule has 138 valence electrons. The van der Waals surface area contributed by atoms with E-state index in [0.717, 1.165) is 27.4 Å². The molecule has 2 aromatic heterocycles. The van der Waals surface area contributed by atoms with Crippen molar-refractivity contribution in [1.82, 2.24) is 9.78 Å². The quantitative estimate of drug-likeness (QED) is 0.642. The summed E-state index contributed by atoms with van der Waals surface area (Å²) in [5.74, 6) is -0.195. The first-order valence-corrected chi connectivity index (χ1v) is 9.81. The van der Waals surface area contributed by atoms with Gasteiger partial charge in [-0.25, -0.2) is 4.68 Å². The number of anilines is 1. The zero-order chi connectivity index (χ0) is 19.3. The lowest BCUT2D eigenvalue weighted by Crippen LogP contribution is -2.28. The lowest BCUT2D eigenvalue weighted by molar-refractivity contribution is -0.116. The largest absolute Gasteiger partial charge is 0.310 e. The fourth-order valence-corrected chi connectivity index (χ4v) is 4.45. The summed E-state index contributed by atoms with van der Waals surface area (Å²) in [6.07, 6.45) is 0.129. The zero-order valence-corrected chi connectivity index (χ0v) is 16.7. The molecule has 0 saturated heterocycles. The monoisotopic (exact) mass is 399 g/mol. The SMILES string of the molecule is Cc1ccc(C(=O)C2CC(=O)Nc3c2c(C)nn3-c2ccc(C)c(Cl)c2)s1. The van der Waals surface area contributed by atoms with Crippen molar-refractivity contribution in [2.75, 3.05) is 5.32 Å². The minimum atomic E-state index is -0.526. The molecule has 0 saturated carbocycles. The van der Waals surface area contributed by atoms with Crippen LogP contribution in [0.5, 0.6) is 0 Å². The highest BCUT2D eigenvalue weighted by molar-refractivity contribution is 7.14. The number of carbonyl (C=O) groups is 2. The minimum Gasteiger partial charge on any atom is -0.310 e. The number of halogens is 1. The topological polar surface area (TPSA) is 64.0 Å². The number of amides is 1. The van der Waals surface area contributed by atoms with Crippen LogP contribution in [-0.4, -0.2) is 21.5 Å². The van der Waals surface area contributed by atoms with Gasteiger partial charge in [-0.2, -0.15) is 5.10 Å². The molecule has 0 bridgehead atoms. The van der Waals surface area contributed by atoms with Crippen molar-refractivity contribution in [3.8, 4) is 5.69 Å². The second kappa shape index (κ2) is 6.62. The molecule has 4 rings (SSSR count). The van der Waals surface area contributed by atoms with Gasteiger partial charge in [0.15, 0.2) is 5.78 Å². The van der Waals surface area contributed by atoms with E-state index in [1.807, 2.05) is 51.1 Å². The number of thiophene rings is 1. The second-order valence-electron chi connectivity index (χ2n) is 6.77. The van der Waals surface area contributed by atoms with E-state index < -0.39 is 5.92 Å². The number of Topliss-reactive ketones (excluding diaryl/α,β-unsaturated/α-hetero) is 1. The molecule has 3 aromatic rings. The molecule has 1 aromatic carbocycles. The van der Waals surface area contributed by atoms with E-state index in [1.54, 1.807) is 4.68 Å². The van der Waals surface area contributed by atoms with Crippen LogP contribution in [0.2, 0.25) is 5.02 Å². The highest BCUT2D eigenvalue weighted by Crippen LogP contribution is 2.39. The molecule has 0 fully saturated rings. The number of aromatic nitrogens is 2. The summed E-state index contributed by atoms with van der Waals surface area (Å²) in [7, 11) is 0. The Labute approximate surface area is 166 Å². The molecule has 1 amide bonds. The van der Waals surface area contributed by atoms with Gasteiger partial charge < -0.3 is 5.32 Å². The van der Waals surface area contributed by atoms with Gasteiger partial charge in [-0.15, -0.1) is 11.3 Å². The summed E-state index contributed by atoms with van der Waals surface area (Å²) in [5, 5.41) is 8.11. The maximum Gasteiger partial charge on any atom is 0.226 e. The summed E-state index contributed by atoms with van der Waals surface area (Å²) in [6.45, 7) is 5.75. The molecular weight excluding hydrogens is 382 g/mol. The van der Waals surface area contributed by atoms with Crippen LogP contribution in [0, 0.1) is 20.8 Å². The van der Waals surface area contributed by atoms with Crippen LogP contribution in [0.4, 0.5) is 5.82 Å². The van der Waals surface area contributed by atoms with Crippen molar-refractivity contribution < 1.29 is 9.59 Å². The van der Waals surface area contributed by atoms with E-state index in [9.17, 15) is 9.59 Å². The number of hydrogen-bond donors (Lipinski definition) is 1. The van der Waals surface area contributed by atoms with Crippen molar-refractivity contribution in [2.45, 2.75) is 33.1 Å². The smallest absolute Gasteiger partial charge is 0.226 e. The van der Waals surface area contributed by atoms with Gasteiger partial charge >= 0.3 is 0 Å². The number of benzene rings is 1. The third-order valence-corrected chi connectivity index (χ3v) is 6.22. The maximum atomic E-state index is 13.1. The van der Waals surface area contributed by atoms with Crippen LogP contribution in [0.15, 0.2) is 30.3 Å². The Morgan fingerprint density at radius 1 is 1.26 bits per heavy atom. The van der Waals surface area contributed by atoms with Crippen molar-refractivity contribution in [3.05, 3.63) is 61.9 Å². The average molecular weight is 400 g/mol. The van der Waals surface area contributed by atoms with E-state index in [1.165, 1.54) is 11.3 Å². The molecular formula is C20H18ClN3O2S. The summed E-state index contributed by atoms with van der Waals surface area (Å²) in [5.41, 5.74) is 3.22. The Bertz CT molecular complexity index is 1080. The van der Waals surface area contributed by atoms with Crippen molar-refractivity contribution in [1.29, 1.82) is 0 Å². The molecule has 0 radical (unpaired) electrons. The fraction of sp³-hybridized carbons (Fsp3) is 0.250. The van der Waals surface area contributed by atoms with Crippen molar-refractivity contribution >= 4 is 40.4 Å². The number of nitrogens with zero attached hydrogens (tertiary/aromatic N) is 2. The summed E-state index contributed by atoms with van der Waals surface area (Å²) < 4.78 is 1.66. The predicted octanol–water partition coefficient (Wildman–Crippen LogP) is 4.82. The van der Waals surface area contributed by atoms with E-state index in [4.69, 9.17) is 11.6 Å². The van der Waals surface area contributed by atoms with Gasteiger partial charge in [0.05, 0.1) is 22.2 Å². The Morgan fingerprint density at radius 2 is 2.04 bits per heavy atom. The molecule has 27 heavy (non-hydrogen) atoms. The average Bonchev–Trinajstić information content (AvgIpc) is 3.20. The van der Waals surface area contributed by atoms with Crippen LogP contribution in [0.3, 0.4) is 0 Å². The van der Waals surface area contributed by atoms with Crippen LogP contribution < -0.4 is 5.32 Å². The standard InChI is InChI=1S/C20H18ClN3O2S/c1-10-4-6-13(8-15(10)21)24-20-18(12(3)23-24)14(9-17(25)22-20)19(26)16-7-5-11(2)27-16/h4-8,14H,9H2,1-3H3,(H,22,25). The first kappa shape index (κ1) is 17.9. The van der Waals surface area contributed by atoms with Crippen LogP contribution in [-0.2, 0) is 4.79 Å². The van der Waals surface area contributed by atoms with Crippen LogP contribution >= 0.6 is 22.9 Å². The Kier molecular flexibility index (Phi) is 4.40. The number of ketones is 1. The zero-order valence-electron chi connectivity index (χ0n) is 15.2. The molecule has 1 atom stereocenters.